The number of halogens is 2. The summed E-state index contributed by atoms with van der Waals surface area (Å²) in [5, 5.41) is 11.6. The van der Waals surface area contributed by atoms with E-state index in [1.807, 2.05) is 12.1 Å². The zero-order valence-electron chi connectivity index (χ0n) is 13.0. The van der Waals surface area contributed by atoms with E-state index in [1.54, 1.807) is 30.3 Å². The molecule has 0 aliphatic heterocycles. The quantitative estimate of drug-likeness (QED) is 0.669. The number of carbonyl (C=O) groups is 1. The fourth-order valence-electron chi connectivity index (χ4n) is 2.16. The molecule has 0 unspecified atom stereocenters. The average molecular weight is 377 g/mol. The third-order valence-electron chi connectivity index (χ3n) is 3.34. The van der Waals surface area contributed by atoms with Gasteiger partial charge >= 0.3 is 0 Å². The number of benzene rings is 2. The Labute approximate surface area is 153 Å². The lowest BCUT2D eigenvalue weighted by Gasteiger charge is -2.08. The lowest BCUT2D eigenvalue weighted by atomic mass is 10.2. The first kappa shape index (κ1) is 17.4. The van der Waals surface area contributed by atoms with E-state index in [9.17, 15) is 9.18 Å². The Morgan fingerprint density at radius 1 is 1.24 bits per heavy atom. The van der Waals surface area contributed by atoms with Gasteiger partial charge in [0.15, 0.2) is 5.16 Å². The fourth-order valence-corrected chi connectivity index (χ4v) is 3.13. The molecule has 0 bridgehead atoms. The molecule has 0 aliphatic rings. The molecule has 0 atom stereocenters. The monoisotopic (exact) mass is 376 g/mol. The summed E-state index contributed by atoms with van der Waals surface area (Å²) in [6.07, 6.45) is 1.42. The molecule has 3 rings (SSSR count). The van der Waals surface area contributed by atoms with Crippen molar-refractivity contribution in [3.63, 3.8) is 0 Å². The molecule has 1 amide bonds. The van der Waals surface area contributed by atoms with Crippen molar-refractivity contribution in [2.24, 2.45) is 0 Å². The van der Waals surface area contributed by atoms with Crippen LogP contribution in [-0.4, -0.2) is 26.4 Å². The van der Waals surface area contributed by atoms with Gasteiger partial charge in [-0.05, 0) is 29.8 Å². The third kappa shape index (κ3) is 4.58. The van der Waals surface area contributed by atoms with Crippen LogP contribution in [0.4, 0.5) is 4.39 Å². The number of para-hydroxylation sites is 1. The van der Waals surface area contributed by atoms with Crippen LogP contribution in [0, 0.1) is 5.82 Å². The Morgan fingerprint density at radius 3 is 2.88 bits per heavy atom. The van der Waals surface area contributed by atoms with Crippen LogP contribution in [0.2, 0.25) is 5.02 Å². The molecule has 0 aliphatic carbocycles. The van der Waals surface area contributed by atoms with Gasteiger partial charge in [-0.15, -0.1) is 10.2 Å². The van der Waals surface area contributed by atoms with Crippen LogP contribution in [0.5, 0.6) is 0 Å². The summed E-state index contributed by atoms with van der Waals surface area (Å²) in [4.78, 5) is 12.0. The molecule has 0 fully saturated rings. The van der Waals surface area contributed by atoms with Crippen LogP contribution >= 0.6 is 23.4 Å². The van der Waals surface area contributed by atoms with Crippen molar-refractivity contribution in [1.82, 2.24) is 20.1 Å². The molecular weight excluding hydrogens is 363 g/mol. The molecule has 0 spiro atoms. The molecule has 0 saturated carbocycles. The van der Waals surface area contributed by atoms with Crippen molar-refractivity contribution in [1.29, 1.82) is 0 Å². The number of carbonyl (C=O) groups excluding carboxylic acids is 1. The van der Waals surface area contributed by atoms with E-state index in [0.29, 0.717) is 22.4 Å². The van der Waals surface area contributed by atoms with Crippen LogP contribution in [0.1, 0.15) is 5.56 Å². The number of hydrogen-bond donors (Lipinski definition) is 1. The Hall–Kier alpha value is -2.38. The highest BCUT2D eigenvalue weighted by atomic mass is 35.5. The van der Waals surface area contributed by atoms with Crippen molar-refractivity contribution in [2.45, 2.75) is 11.7 Å². The van der Waals surface area contributed by atoms with Crippen molar-refractivity contribution in [3.05, 3.63) is 71.3 Å². The minimum absolute atomic E-state index is 0.147. The largest absolute Gasteiger partial charge is 0.351 e. The van der Waals surface area contributed by atoms with Gasteiger partial charge in [0.25, 0.3) is 0 Å². The van der Waals surface area contributed by atoms with Gasteiger partial charge in [0.1, 0.15) is 12.1 Å². The minimum atomic E-state index is -0.380. The molecule has 3 aromatic rings. The SMILES string of the molecule is O=C(CSc1nncn1-c1ccccc1F)NCc1cccc(Cl)c1. The minimum Gasteiger partial charge on any atom is -0.351 e. The first-order valence-corrected chi connectivity index (χ1v) is 8.79. The molecule has 0 radical (unpaired) electrons. The van der Waals surface area contributed by atoms with Crippen LogP contribution in [-0.2, 0) is 11.3 Å². The number of rotatable bonds is 6. The van der Waals surface area contributed by atoms with E-state index in [0.717, 1.165) is 5.56 Å². The van der Waals surface area contributed by atoms with Gasteiger partial charge in [-0.3, -0.25) is 9.36 Å². The number of nitrogens with zero attached hydrogens (tertiary/aromatic N) is 3. The van der Waals surface area contributed by atoms with Gasteiger partial charge in [-0.1, -0.05) is 47.6 Å². The third-order valence-corrected chi connectivity index (χ3v) is 4.52. The van der Waals surface area contributed by atoms with Gasteiger partial charge in [-0.2, -0.15) is 0 Å². The van der Waals surface area contributed by atoms with E-state index < -0.39 is 0 Å². The summed E-state index contributed by atoms with van der Waals surface area (Å²) in [7, 11) is 0. The lowest BCUT2D eigenvalue weighted by Crippen LogP contribution is -2.24. The van der Waals surface area contributed by atoms with E-state index in [1.165, 1.54) is 28.7 Å². The molecule has 8 heteroatoms. The Kier molecular flexibility index (Phi) is 5.67. The van der Waals surface area contributed by atoms with Crippen LogP contribution in [0.15, 0.2) is 60.0 Å². The van der Waals surface area contributed by atoms with Gasteiger partial charge in [0.05, 0.1) is 11.4 Å². The van der Waals surface area contributed by atoms with Gasteiger partial charge in [0.2, 0.25) is 5.91 Å². The van der Waals surface area contributed by atoms with Crippen molar-refractivity contribution < 1.29 is 9.18 Å². The average Bonchev–Trinajstić information content (AvgIpc) is 3.07. The maximum absolute atomic E-state index is 13.9. The second-order valence-electron chi connectivity index (χ2n) is 5.13. The van der Waals surface area contributed by atoms with Gasteiger partial charge in [0, 0.05) is 11.6 Å². The predicted octanol–water partition coefficient (Wildman–Crippen LogP) is 3.47. The first-order chi connectivity index (χ1) is 12.1. The molecule has 0 saturated heterocycles. The lowest BCUT2D eigenvalue weighted by molar-refractivity contribution is -0.118. The van der Waals surface area contributed by atoms with Crippen molar-refractivity contribution >= 4 is 29.3 Å². The van der Waals surface area contributed by atoms with E-state index in [4.69, 9.17) is 11.6 Å². The Balaban J connectivity index is 1.58. The molecule has 1 N–H and O–H groups in total. The summed E-state index contributed by atoms with van der Waals surface area (Å²) in [5.41, 5.74) is 1.26. The Morgan fingerprint density at radius 2 is 2.08 bits per heavy atom. The number of hydrogen-bond acceptors (Lipinski definition) is 4. The summed E-state index contributed by atoms with van der Waals surface area (Å²) in [6.45, 7) is 0.389. The van der Waals surface area contributed by atoms with Crippen molar-refractivity contribution in [3.8, 4) is 5.69 Å². The summed E-state index contributed by atoms with van der Waals surface area (Å²) >= 11 is 7.10. The molecule has 128 valence electrons. The summed E-state index contributed by atoms with van der Waals surface area (Å²) in [6, 6.07) is 13.6. The zero-order chi connectivity index (χ0) is 17.6. The smallest absolute Gasteiger partial charge is 0.230 e. The highest BCUT2D eigenvalue weighted by Crippen LogP contribution is 2.21. The highest BCUT2D eigenvalue weighted by molar-refractivity contribution is 7.99. The van der Waals surface area contributed by atoms with E-state index >= 15 is 0 Å². The van der Waals surface area contributed by atoms with Gasteiger partial charge < -0.3 is 5.32 Å². The maximum atomic E-state index is 13.9. The summed E-state index contributed by atoms with van der Waals surface area (Å²) in [5.74, 6) is -0.393. The molecular formula is C17H14ClFN4OS. The standard InChI is InChI=1S/C17H14ClFN4OS/c18-13-5-3-4-12(8-13)9-20-16(24)10-25-17-22-21-11-23(17)15-7-2-1-6-14(15)19/h1-8,11H,9-10H2,(H,20,24). The second kappa shape index (κ2) is 8.13. The summed E-state index contributed by atoms with van der Waals surface area (Å²) < 4.78 is 15.4. The molecule has 1 heterocycles. The van der Waals surface area contributed by atoms with Crippen LogP contribution in [0.25, 0.3) is 5.69 Å². The normalized spacial score (nSPS) is 10.6. The zero-order valence-corrected chi connectivity index (χ0v) is 14.6. The molecule has 1 aromatic heterocycles. The number of amides is 1. The predicted molar refractivity (Wildman–Crippen MR) is 95.3 cm³/mol. The first-order valence-electron chi connectivity index (χ1n) is 7.42. The van der Waals surface area contributed by atoms with E-state index in [2.05, 4.69) is 15.5 Å². The number of nitrogens with one attached hydrogen (secondary N) is 1. The second-order valence-corrected chi connectivity index (χ2v) is 6.51. The van der Waals surface area contributed by atoms with Gasteiger partial charge in [-0.25, -0.2) is 4.39 Å². The highest BCUT2D eigenvalue weighted by Gasteiger charge is 2.12. The Bertz CT molecular complexity index is 886. The number of aromatic nitrogens is 3. The molecule has 5 nitrogen and oxygen atoms in total. The van der Waals surface area contributed by atoms with E-state index in [-0.39, 0.29) is 17.5 Å². The number of thioether (sulfide) groups is 1. The fraction of sp³-hybridized carbons (Fsp3) is 0.118. The maximum Gasteiger partial charge on any atom is 0.230 e. The van der Waals surface area contributed by atoms with Crippen LogP contribution in [0.3, 0.4) is 0 Å². The molecule has 25 heavy (non-hydrogen) atoms. The van der Waals surface area contributed by atoms with Crippen molar-refractivity contribution in [2.75, 3.05) is 5.75 Å². The topological polar surface area (TPSA) is 59.8 Å². The molecule has 2 aromatic carbocycles. The van der Waals surface area contributed by atoms with Crippen LogP contribution < -0.4 is 5.32 Å².